The van der Waals surface area contributed by atoms with E-state index >= 15 is 0 Å². The molecule has 0 atom stereocenters. The minimum absolute atomic E-state index is 0.226. The molecular weight excluding hydrogens is 194 g/mol. The molecule has 0 aliphatic carbocycles. The molecule has 5 heteroatoms. The first-order chi connectivity index (χ1) is 5.70. The Morgan fingerprint density at radius 1 is 1.00 bits per heavy atom. The van der Waals surface area contributed by atoms with Gasteiger partial charge >= 0.3 is 0 Å². The number of amides is 2. The van der Waals surface area contributed by atoms with Crippen molar-refractivity contribution in [2.24, 2.45) is 0 Å². The summed E-state index contributed by atoms with van der Waals surface area (Å²) < 4.78 is 0. The van der Waals surface area contributed by atoms with Gasteiger partial charge in [0.15, 0.2) is 0 Å². The van der Waals surface area contributed by atoms with Gasteiger partial charge < -0.3 is 0 Å². The zero-order valence-electron chi connectivity index (χ0n) is 6.75. The average molecular weight is 207 g/mol. The lowest BCUT2D eigenvalue weighted by Crippen LogP contribution is -2.30. The van der Waals surface area contributed by atoms with Crippen molar-refractivity contribution in [1.82, 2.24) is 5.32 Å². The summed E-state index contributed by atoms with van der Waals surface area (Å²) in [6, 6.07) is 0. The van der Waals surface area contributed by atoms with Crippen LogP contribution in [-0.2, 0) is 9.59 Å². The summed E-state index contributed by atoms with van der Waals surface area (Å²) in [4.78, 5) is 21.7. The summed E-state index contributed by atoms with van der Waals surface area (Å²) in [6.07, 6.45) is 1.35. The first kappa shape index (κ1) is 11.8. The summed E-state index contributed by atoms with van der Waals surface area (Å²) in [6.45, 7) is 0. The summed E-state index contributed by atoms with van der Waals surface area (Å²) in [7, 11) is 0. The predicted octanol–water partition coefficient (Wildman–Crippen LogP) is 0.659. The minimum atomic E-state index is -0.255. The normalized spacial score (nSPS) is 9.50. The molecule has 0 radical (unpaired) electrons. The maximum Gasteiger partial charge on any atom is 0.227 e. The Morgan fingerprint density at radius 2 is 1.58 bits per heavy atom. The van der Waals surface area contributed by atoms with E-state index in [9.17, 15) is 9.59 Å². The second kappa shape index (κ2) is 7.49. The van der Waals surface area contributed by atoms with E-state index in [0.29, 0.717) is 24.3 Å². The van der Waals surface area contributed by atoms with Crippen LogP contribution in [0.2, 0.25) is 0 Å². The number of carbonyl (C=O) groups excluding carboxylic acids is 2. The van der Waals surface area contributed by atoms with Crippen LogP contribution in [0, 0.1) is 0 Å². The molecule has 0 aromatic heterocycles. The van der Waals surface area contributed by atoms with Gasteiger partial charge in [-0.3, -0.25) is 14.9 Å². The lowest BCUT2D eigenvalue weighted by Gasteiger charge is -2.00. The molecule has 0 saturated heterocycles. The van der Waals surface area contributed by atoms with Gasteiger partial charge in [-0.1, -0.05) is 0 Å². The van der Waals surface area contributed by atoms with Crippen LogP contribution in [0.15, 0.2) is 0 Å². The lowest BCUT2D eigenvalue weighted by atomic mass is 10.3. The minimum Gasteiger partial charge on any atom is -0.296 e. The van der Waals surface area contributed by atoms with Gasteiger partial charge in [0.25, 0.3) is 0 Å². The van der Waals surface area contributed by atoms with Crippen molar-refractivity contribution in [1.29, 1.82) is 0 Å². The molecule has 0 heterocycles. The van der Waals surface area contributed by atoms with Gasteiger partial charge in [-0.2, -0.15) is 25.3 Å². The third-order valence-corrected chi connectivity index (χ3v) is 1.72. The average Bonchev–Trinajstić information content (AvgIpc) is 2.01. The van der Waals surface area contributed by atoms with E-state index in [-0.39, 0.29) is 18.2 Å². The fourth-order valence-electron chi connectivity index (χ4n) is 0.622. The van der Waals surface area contributed by atoms with Crippen molar-refractivity contribution in [3.05, 3.63) is 0 Å². The molecule has 0 spiro atoms. The Labute approximate surface area is 83.1 Å². The van der Waals surface area contributed by atoms with Gasteiger partial charge in [-0.25, -0.2) is 0 Å². The van der Waals surface area contributed by atoms with E-state index in [1.54, 1.807) is 0 Å². The van der Waals surface area contributed by atoms with Crippen LogP contribution in [0.3, 0.4) is 0 Å². The molecule has 0 bridgehead atoms. The summed E-state index contributed by atoms with van der Waals surface area (Å²) in [5.41, 5.74) is 0. The van der Waals surface area contributed by atoms with E-state index in [2.05, 4.69) is 30.6 Å². The number of rotatable bonds is 5. The first-order valence-corrected chi connectivity index (χ1v) is 5.01. The zero-order chi connectivity index (χ0) is 9.40. The molecule has 0 fully saturated rings. The van der Waals surface area contributed by atoms with E-state index in [1.807, 2.05) is 0 Å². The molecule has 0 unspecified atom stereocenters. The molecule has 0 aromatic rings. The van der Waals surface area contributed by atoms with Gasteiger partial charge in [0.05, 0.1) is 0 Å². The highest BCUT2D eigenvalue weighted by molar-refractivity contribution is 7.80. The Hall–Kier alpha value is -0.160. The van der Waals surface area contributed by atoms with Crippen molar-refractivity contribution in [3.8, 4) is 0 Å². The van der Waals surface area contributed by atoms with Crippen LogP contribution in [0.4, 0.5) is 0 Å². The number of nitrogens with one attached hydrogen (secondary N) is 1. The second-order valence-electron chi connectivity index (χ2n) is 2.27. The number of carbonyl (C=O) groups is 2. The Bertz CT molecular complexity index is 161. The lowest BCUT2D eigenvalue weighted by molar-refractivity contribution is -0.130. The molecule has 2 amide bonds. The molecule has 12 heavy (non-hydrogen) atoms. The van der Waals surface area contributed by atoms with E-state index in [0.717, 1.165) is 0 Å². The zero-order valence-corrected chi connectivity index (χ0v) is 8.54. The Balaban J connectivity index is 3.47. The Morgan fingerprint density at radius 3 is 2.08 bits per heavy atom. The standard InChI is InChI=1S/C7H13NO2S2/c9-6(2-1-4-11)8-7(10)3-5-12/h11-12H,1-5H2,(H,8,9,10). The first-order valence-electron chi connectivity index (χ1n) is 3.75. The molecule has 0 aliphatic rings. The highest BCUT2D eigenvalue weighted by Crippen LogP contribution is 1.91. The molecule has 0 rings (SSSR count). The summed E-state index contributed by atoms with van der Waals surface area (Å²) >= 11 is 7.82. The molecule has 0 aromatic carbocycles. The smallest absolute Gasteiger partial charge is 0.227 e. The third kappa shape index (κ3) is 6.54. The SMILES string of the molecule is O=C(CCS)NC(=O)CCCS. The summed E-state index contributed by atoms with van der Waals surface area (Å²) in [5, 5.41) is 2.25. The van der Waals surface area contributed by atoms with Crippen LogP contribution in [-0.4, -0.2) is 23.3 Å². The molecule has 1 N–H and O–H groups in total. The predicted molar refractivity (Wildman–Crippen MR) is 54.7 cm³/mol. The highest BCUT2D eigenvalue weighted by atomic mass is 32.1. The largest absolute Gasteiger partial charge is 0.296 e. The van der Waals surface area contributed by atoms with Crippen LogP contribution in [0.1, 0.15) is 19.3 Å². The van der Waals surface area contributed by atoms with Crippen LogP contribution < -0.4 is 5.32 Å². The number of hydrogen-bond acceptors (Lipinski definition) is 4. The van der Waals surface area contributed by atoms with Crippen molar-refractivity contribution in [2.45, 2.75) is 19.3 Å². The van der Waals surface area contributed by atoms with Crippen molar-refractivity contribution in [2.75, 3.05) is 11.5 Å². The quantitative estimate of drug-likeness (QED) is 0.580. The molecular formula is C7H13NO2S2. The van der Waals surface area contributed by atoms with Gasteiger partial charge in [-0.15, -0.1) is 0 Å². The highest BCUT2D eigenvalue weighted by Gasteiger charge is 2.05. The van der Waals surface area contributed by atoms with E-state index in [4.69, 9.17) is 0 Å². The Kier molecular flexibility index (Phi) is 7.39. The monoisotopic (exact) mass is 207 g/mol. The topological polar surface area (TPSA) is 46.2 Å². The maximum atomic E-state index is 10.9. The molecule has 0 saturated carbocycles. The van der Waals surface area contributed by atoms with E-state index < -0.39 is 0 Å². The second-order valence-corrected chi connectivity index (χ2v) is 3.17. The molecule has 3 nitrogen and oxygen atoms in total. The van der Waals surface area contributed by atoms with Crippen molar-refractivity contribution >= 4 is 37.1 Å². The van der Waals surface area contributed by atoms with Gasteiger partial charge in [0.1, 0.15) is 0 Å². The fraction of sp³-hybridized carbons (Fsp3) is 0.714. The molecule has 0 aliphatic heterocycles. The van der Waals surface area contributed by atoms with Crippen molar-refractivity contribution < 1.29 is 9.59 Å². The number of hydrogen-bond donors (Lipinski definition) is 3. The number of imide groups is 1. The number of thiol groups is 2. The summed E-state index contributed by atoms with van der Waals surface area (Å²) in [5.74, 6) is 0.643. The van der Waals surface area contributed by atoms with Crippen LogP contribution in [0.5, 0.6) is 0 Å². The third-order valence-electron chi connectivity index (χ3n) is 1.18. The molecule has 70 valence electrons. The van der Waals surface area contributed by atoms with Gasteiger partial charge in [0, 0.05) is 12.8 Å². The van der Waals surface area contributed by atoms with Gasteiger partial charge in [0.2, 0.25) is 11.8 Å². The van der Waals surface area contributed by atoms with Crippen LogP contribution >= 0.6 is 25.3 Å². The van der Waals surface area contributed by atoms with E-state index in [1.165, 1.54) is 0 Å². The maximum absolute atomic E-state index is 10.9. The van der Waals surface area contributed by atoms with Crippen LogP contribution in [0.25, 0.3) is 0 Å². The fourth-order valence-corrected chi connectivity index (χ4v) is 0.983. The van der Waals surface area contributed by atoms with Crippen molar-refractivity contribution in [3.63, 3.8) is 0 Å². The van der Waals surface area contributed by atoms with Gasteiger partial charge in [-0.05, 0) is 17.9 Å².